The third-order valence-corrected chi connectivity index (χ3v) is 2.72. The lowest BCUT2D eigenvalue weighted by Crippen LogP contribution is -2.27. The summed E-state index contributed by atoms with van der Waals surface area (Å²) in [4.78, 5) is 11.6. The predicted octanol–water partition coefficient (Wildman–Crippen LogP) is 2.47. The molecule has 0 aliphatic carbocycles. The molecule has 3 nitrogen and oxygen atoms in total. The van der Waals surface area contributed by atoms with E-state index in [9.17, 15) is 4.79 Å². The summed E-state index contributed by atoms with van der Waals surface area (Å²) in [5.41, 5.74) is 6.90. The van der Waals surface area contributed by atoms with Crippen molar-refractivity contribution in [1.82, 2.24) is 0 Å². The first-order valence-electron chi connectivity index (χ1n) is 4.81. The zero-order chi connectivity index (χ0) is 11.4. The van der Waals surface area contributed by atoms with Gasteiger partial charge in [-0.15, -0.1) is 11.6 Å². The number of hydrogen-bond donors (Lipinski definition) is 2. The lowest BCUT2D eigenvalue weighted by molar-refractivity contribution is -0.116. The molecule has 0 unspecified atom stereocenters. The van der Waals surface area contributed by atoms with Crippen molar-refractivity contribution in [3.8, 4) is 0 Å². The van der Waals surface area contributed by atoms with Crippen molar-refractivity contribution in [2.75, 3.05) is 11.1 Å². The number of halogens is 1. The summed E-state index contributed by atoms with van der Waals surface area (Å²) in [6, 6.07) is 6.96. The van der Waals surface area contributed by atoms with Crippen molar-refractivity contribution < 1.29 is 4.79 Å². The summed E-state index contributed by atoms with van der Waals surface area (Å²) in [7, 11) is 0. The minimum atomic E-state index is -0.512. The Labute approximate surface area is 94.6 Å². The van der Waals surface area contributed by atoms with Crippen molar-refractivity contribution in [3.05, 3.63) is 24.3 Å². The van der Waals surface area contributed by atoms with Gasteiger partial charge < -0.3 is 11.1 Å². The molecule has 0 aliphatic rings. The number of anilines is 2. The Bertz CT molecular complexity index is 335. The van der Waals surface area contributed by atoms with E-state index < -0.39 is 5.38 Å². The monoisotopic (exact) mass is 226 g/mol. The van der Waals surface area contributed by atoms with Gasteiger partial charge in [-0.05, 0) is 30.2 Å². The fraction of sp³-hybridized carbons (Fsp3) is 0.364. The van der Waals surface area contributed by atoms with E-state index in [1.165, 1.54) is 0 Å². The van der Waals surface area contributed by atoms with Gasteiger partial charge >= 0.3 is 0 Å². The zero-order valence-corrected chi connectivity index (χ0v) is 9.58. The van der Waals surface area contributed by atoms with Crippen molar-refractivity contribution in [2.45, 2.75) is 19.2 Å². The molecule has 1 atom stereocenters. The molecule has 15 heavy (non-hydrogen) atoms. The maximum absolute atomic E-state index is 11.6. The molecule has 1 rings (SSSR count). The first kappa shape index (κ1) is 11.9. The van der Waals surface area contributed by atoms with Gasteiger partial charge in [0.2, 0.25) is 5.91 Å². The summed E-state index contributed by atoms with van der Waals surface area (Å²) < 4.78 is 0. The van der Waals surface area contributed by atoms with Crippen LogP contribution in [-0.4, -0.2) is 11.3 Å². The third kappa shape index (κ3) is 3.44. The Hall–Kier alpha value is -1.22. The molecule has 0 heterocycles. The average Bonchev–Trinajstić information content (AvgIpc) is 2.20. The number of hydrogen-bond acceptors (Lipinski definition) is 2. The molecular formula is C11H15ClN2O. The van der Waals surface area contributed by atoms with E-state index in [0.717, 1.165) is 0 Å². The average molecular weight is 227 g/mol. The highest BCUT2D eigenvalue weighted by Crippen LogP contribution is 2.15. The summed E-state index contributed by atoms with van der Waals surface area (Å²) in [6.45, 7) is 3.81. The largest absolute Gasteiger partial charge is 0.399 e. The van der Waals surface area contributed by atoms with Gasteiger partial charge in [0.15, 0.2) is 0 Å². The van der Waals surface area contributed by atoms with E-state index in [-0.39, 0.29) is 11.8 Å². The van der Waals surface area contributed by atoms with Gasteiger partial charge in [0.05, 0.1) is 0 Å². The Morgan fingerprint density at radius 1 is 1.33 bits per heavy atom. The van der Waals surface area contributed by atoms with Gasteiger partial charge in [0.25, 0.3) is 0 Å². The van der Waals surface area contributed by atoms with E-state index in [1.807, 2.05) is 13.8 Å². The lowest BCUT2D eigenvalue weighted by atomic mass is 10.1. The Morgan fingerprint density at radius 2 is 1.87 bits per heavy atom. The summed E-state index contributed by atoms with van der Waals surface area (Å²) in [5.74, 6) is -0.0723. The van der Waals surface area contributed by atoms with Crippen LogP contribution in [0.2, 0.25) is 0 Å². The highest BCUT2D eigenvalue weighted by molar-refractivity contribution is 6.32. The fourth-order valence-electron chi connectivity index (χ4n) is 1.08. The predicted molar refractivity (Wildman–Crippen MR) is 64.0 cm³/mol. The standard InChI is InChI=1S/C11H15ClN2O/c1-7(2)10(12)11(15)14-9-5-3-8(13)4-6-9/h3-7,10H,13H2,1-2H3,(H,14,15)/t10-/m0/s1. The minimum absolute atomic E-state index is 0.112. The van der Waals surface area contributed by atoms with E-state index >= 15 is 0 Å². The summed E-state index contributed by atoms with van der Waals surface area (Å²) in [6.07, 6.45) is 0. The van der Waals surface area contributed by atoms with Crippen LogP contribution >= 0.6 is 11.6 Å². The van der Waals surface area contributed by atoms with Crippen LogP contribution in [0.25, 0.3) is 0 Å². The Kier molecular flexibility index (Phi) is 3.97. The normalized spacial score (nSPS) is 12.5. The number of carbonyl (C=O) groups excluding carboxylic acids is 1. The lowest BCUT2D eigenvalue weighted by Gasteiger charge is -2.13. The minimum Gasteiger partial charge on any atom is -0.399 e. The maximum Gasteiger partial charge on any atom is 0.242 e. The van der Waals surface area contributed by atoms with Crippen LogP contribution in [-0.2, 0) is 4.79 Å². The number of benzene rings is 1. The van der Waals surface area contributed by atoms with Crippen LogP contribution in [0.3, 0.4) is 0 Å². The molecule has 0 aromatic heterocycles. The maximum atomic E-state index is 11.6. The molecule has 0 bridgehead atoms. The first-order chi connectivity index (χ1) is 7.00. The molecule has 82 valence electrons. The Balaban J connectivity index is 2.62. The van der Waals surface area contributed by atoms with Gasteiger partial charge in [0, 0.05) is 11.4 Å². The van der Waals surface area contributed by atoms with Crippen LogP contribution < -0.4 is 11.1 Å². The number of nitrogens with two attached hydrogens (primary N) is 1. The second-order valence-corrected chi connectivity index (χ2v) is 4.23. The van der Waals surface area contributed by atoms with Crippen molar-refractivity contribution in [1.29, 1.82) is 0 Å². The number of rotatable bonds is 3. The molecular weight excluding hydrogens is 212 g/mol. The number of carbonyl (C=O) groups is 1. The first-order valence-corrected chi connectivity index (χ1v) is 5.25. The highest BCUT2D eigenvalue weighted by atomic mass is 35.5. The van der Waals surface area contributed by atoms with E-state index in [4.69, 9.17) is 17.3 Å². The van der Waals surface area contributed by atoms with Gasteiger partial charge in [-0.2, -0.15) is 0 Å². The molecule has 0 saturated heterocycles. The van der Waals surface area contributed by atoms with E-state index in [2.05, 4.69) is 5.32 Å². The number of alkyl halides is 1. The van der Waals surface area contributed by atoms with Gasteiger partial charge in [0.1, 0.15) is 5.38 Å². The van der Waals surface area contributed by atoms with Crippen LogP contribution in [0.4, 0.5) is 11.4 Å². The highest BCUT2D eigenvalue weighted by Gasteiger charge is 2.18. The molecule has 1 aromatic carbocycles. The molecule has 0 spiro atoms. The quantitative estimate of drug-likeness (QED) is 0.615. The SMILES string of the molecule is CC(C)[C@H](Cl)C(=O)Nc1ccc(N)cc1. The summed E-state index contributed by atoms with van der Waals surface area (Å²) >= 11 is 5.91. The topological polar surface area (TPSA) is 55.1 Å². The van der Waals surface area contributed by atoms with Gasteiger partial charge in [-0.3, -0.25) is 4.79 Å². The van der Waals surface area contributed by atoms with E-state index in [0.29, 0.717) is 11.4 Å². The molecule has 0 radical (unpaired) electrons. The smallest absolute Gasteiger partial charge is 0.242 e. The third-order valence-electron chi connectivity index (χ3n) is 2.01. The van der Waals surface area contributed by atoms with Gasteiger partial charge in [-0.25, -0.2) is 0 Å². The molecule has 4 heteroatoms. The number of nitrogens with one attached hydrogen (secondary N) is 1. The van der Waals surface area contributed by atoms with Crippen LogP contribution in [0.15, 0.2) is 24.3 Å². The van der Waals surface area contributed by atoms with Gasteiger partial charge in [-0.1, -0.05) is 13.8 Å². The van der Waals surface area contributed by atoms with E-state index in [1.54, 1.807) is 24.3 Å². The molecule has 1 amide bonds. The molecule has 0 fully saturated rings. The number of nitrogen functional groups attached to an aromatic ring is 1. The van der Waals surface area contributed by atoms with Crippen LogP contribution in [0, 0.1) is 5.92 Å². The fourth-order valence-corrected chi connectivity index (χ4v) is 1.13. The van der Waals surface area contributed by atoms with Crippen molar-refractivity contribution >= 4 is 28.9 Å². The van der Waals surface area contributed by atoms with Crippen molar-refractivity contribution in [2.24, 2.45) is 5.92 Å². The molecule has 0 saturated carbocycles. The van der Waals surface area contributed by atoms with Crippen LogP contribution in [0.1, 0.15) is 13.8 Å². The Morgan fingerprint density at radius 3 is 2.33 bits per heavy atom. The molecule has 3 N–H and O–H groups in total. The molecule has 1 aromatic rings. The zero-order valence-electron chi connectivity index (χ0n) is 8.83. The number of amides is 1. The second-order valence-electron chi connectivity index (χ2n) is 3.76. The van der Waals surface area contributed by atoms with Crippen LogP contribution in [0.5, 0.6) is 0 Å². The second kappa shape index (κ2) is 5.03. The van der Waals surface area contributed by atoms with Crippen molar-refractivity contribution in [3.63, 3.8) is 0 Å². The molecule has 0 aliphatic heterocycles. The summed E-state index contributed by atoms with van der Waals surface area (Å²) in [5, 5.41) is 2.21.